The number of hydrogen-bond donors (Lipinski definition) is 4. The van der Waals surface area contributed by atoms with Gasteiger partial charge in [-0.05, 0) is 18.6 Å². The van der Waals surface area contributed by atoms with Crippen LogP contribution in [-0.2, 0) is 4.79 Å². The summed E-state index contributed by atoms with van der Waals surface area (Å²) in [5, 5.41) is 34.2. The van der Waals surface area contributed by atoms with Crippen molar-refractivity contribution in [3.05, 3.63) is 18.2 Å². The van der Waals surface area contributed by atoms with Crippen LogP contribution < -0.4 is 0 Å². The molecule has 17 heavy (non-hydrogen) atoms. The first kappa shape index (κ1) is 15.1. The van der Waals surface area contributed by atoms with Gasteiger partial charge in [-0.2, -0.15) is 0 Å². The van der Waals surface area contributed by atoms with Gasteiger partial charge in [0.1, 0.15) is 0 Å². The Hall–Kier alpha value is -1.91. The zero-order valence-corrected chi connectivity index (χ0v) is 9.76. The third kappa shape index (κ3) is 7.05. The van der Waals surface area contributed by atoms with Gasteiger partial charge >= 0.3 is 5.97 Å². The van der Waals surface area contributed by atoms with Crippen LogP contribution in [0.3, 0.4) is 0 Å². The van der Waals surface area contributed by atoms with Gasteiger partial charge in [-0.1, -0.05) is 25.8 Å². The van der Waals surface area contributed by atoms with E-state index in [9.17, 15) is 4.79 Å². The van der Waals surface area contributed by atoms with Gasteiger partial charge in [0.15, 0.2) is 17.2 Å². The van der Waals surface area contributed by atoms with Gasteiger partial charge in [0.05, 0.1) is 0 Å². The summed E-state index contributed by atoms with van der Waals surface area (Å²) in [5.74, 6) is -1.78. The van der Waals surface area contributed by atoms with Crippen LogP contribution >= 0.6 is 0 Å². The van der Waals surface area contributed by atoms with E-state index in [1.54, 1.807) is 0 Å². The SMILES string of the molecule is CCCCCC(=O)O.Oc1cccc(O)c1O. The summed E-state index contributed by atoms with van der Waals surface area (Å²) in [5.41, 5.74) is 0. The Balaban J connectivity index is 0.000000304. The van der Waals surface area contributed by atoms with Gasteiger partial charge in [-0.3, -0.25) is 4.79 Å². The molecule has 5 nitrogen and oxygen atoms in total. The molecule has 1 rings (SSSR count). The van der Waals surface area contributed by atoms with Crippen LogP contribution in [0, 0.1) is 0 Å². The molecule has 0 fully saturated rings. The fourth-order valence-electron chi connectivity index (χ4n) is 1.05. The van der Waals surface area contributed by atoms with Gasteiger partial charge < -0.3 is 20.4 Å². The second kappa shape index (κ2) is 8.27. The van der Waals surface area contributed by atoms with E-state index in [-0.39, 0.29) is 11.5 Å². The van der Waals surface area contributed by atoms with E-state index >= 15 is 0 Å². The first-order valence-electron chi connectivity index (χ1n) is 5.40. The van der Waals surface area contributed by atoms with E-state index in [0.717, 1.165) is 19.3 Å². The molecule has 5 heteroatoms. The number of rotatable bonds is 4. The number of carboxylic acids is 1. The van der Waals surface area contributed by atoms with Crippen LogP contribution in [0.2, 0.25) is 0 Å². The summed E-state index contributed by atoms with van der Waals surface area (Å²) in [4.78, 5) is 9.87. The Labute approximate surface area is 100.0 Å². The number of phenols is 3. The highest BCUT2D eigenvalue weighted by Crippen LogP contribution is 2.32. The molecule has 0 aromatic heterocycles. The first-order chi connectivity index (χ1) is 7.99. The number of hydrogen-bond acceptors (Lipinski definition) is 4. The summed E-state index contributed by atoms with van der Waals surface area (Å²) in [6, 6.07) is 4.01. The fourth-order valence-corrected chi connectivity index (χ4v) is 1.05. The molecular weight excluding hydrogens is 224 g/mol. The average Bonchev–Trinajstić information content (AvgIpc) is 2.27. The molecule has 0 aliphatic carbocycles. The van der Waals surface area contributed by atoms with E-state index in [0.29, 0.717) is 6.42 Å². The smallest absolute Gasteiger partial charge is 0.303 e. The molecule has 0 radical (unpaired) electrons. The van der Waals surface area contributed by atoms with Crippen molar-refractivity contribution in [3.63, 3.8) is 0 Å². The third-order valence-corrected chi connectivity index (χ3v) is 1.99. The van der Waals surface area contributed by atoms with Crippen LogP contribution in [0.1, 0.15) is 32.6 Å². The quantitative estimate of drug-likeness (QED) is 0.480. The maximum Gasteiger partial charge on any atom is 0.303 e. The number of unbranched alkanes of at least 4 members (excludes halogenated alkanes) is 2. The molecular formula is C12H18O5. The van der Waals surface area contributed by atoms with Gasteiger partial charge in [0.25, 0.3) is 0 Å². The highest BCUT2D eigenvalue weighted by molar-refractivity contribution is 5.66. The van der Waals surface area contributed by atoms with E-state index in [2.05, 4.69) is 6.92 Å². The zero-order chi connectivity index (χ0) is 13.3. The maximum atomic E-state index is 9.87. The molecule has 0 spiro atoms. The Morgan fingerprint density at radius 1 is 1.12 bits per heavy atom. The van der Waals surface area contributed by atoms with Crippen molar-refractivity contribution in [1.82, 2.24) is 0 Å². The monoisotopic (exact) mass is 242 g/mol. The summed E-state index contributed by atoms with van der Waals surface area (Å²) < 4.78 is 0. The van der Waals surface area contributed by atoms with Crippen molar-refractivity contribution < 1.29 is 25.2 Å². The predicted molar refractivity (Wildman–Crippen MR) is 63.2 cm³/mol. The number of carbonyl (C=O) groups is 1. The van der Waals surface area contributed by atoms with Crippen LogP contribution in [0.5, 0.6) is 17.2 Å². The standard InChI is InChI=1S/C6H6O3.C6H12O2/c7-4-2-1-3-5(8)6(4)9;1-2-3-4-5-6(7)8/h1-3,7-9H;2-5H2,1H3,(H,7,8). The van der Waals surface area contributed by atoms with E-state index in [1.165, 1.54) is 18.2 Å². The highest BCUT2D eigenvalue weighted by Gasteiger charge is 2.01. The highest BCUT2D eigenvalue weighted by atomic mass is 16.4. The number of benzene rings is 1. The number of aromatic hydroxyl groups is 3. The Morgan fingerprint density at radius 2 is 1.65 bits per heavy atom. The van der Waals surface area contributed by atoms with Crippen LogP contribution in [0.4, 0.5) is 0 Å². The normalized spacial score (nSPS) is 9.24. The van der Waals surface area contributed by atoms with Gasteiger partial charge in [-0.25, -0.2) is 0 Å². The van der Waals surface area contributed by atoms with Crippen molar-refractivity contribution in [1.29, 1.82) is 0 Å². The molecule has 0 aliphatic heterocycles. The molecule has 1 aromatic carbocycles. The fraction of sp³-hybridized carbons (Fsp3) is 0.417. The molecule has 0 amide bonds. The van der Waals surface area contributed by atoms with Crippen molar-refractivity contribution in [2.45, 2.75) is 32.6 Å². The lowest BCUT2D eigenvalue weighted by atomic mass is 10.2. The van der Waals surface area contributed by atoms with Crippen LogP contribution in [-0.4, -0.2) is 26.4 Å². The van der Waals surface area contributed by atoms with Gasteiger partial charge in [0.2, 0.25) is 0 Å². The Bertz CT molecular complexity index is 328. The maximum absolute atomic E-state index is 9.87. The van der Waals surface area contributed by atoms with Crippen molar-refractivity contribution in [2.24, 2.45) is 0 Å². The third-order valence-electron chi connectivity index (χ3n) is 1.99. The minimum atomic E-state index is -0.682. The van der Waals surface area contributed by atoms with E-state index in [1.807, 2.05) is 0 Å². The van der Waals surface area contributed by atoms with Gasteiger partial charge in [0, 0.05) is 6.42 Å². The molecule has 96 valence electrons. The lowest BCUT2D eigenvalue weighted by Crippen LogP contribution is -1.92. The minimum Gasteiger partial charge on any atom is -0.504 e. The van der Waals surface area contributed by atoms with Crippen molar-refractivity contribution >= 4 is 5.97 Å². The molecule has 0 bridgehead atoms. The second-order valence-electron chi connectivity index (χ2n) is 3.50. The topological polar surface area (TPSA) is 98.0 Å². The van der Waals surface area contributed by atoms with Gasteiger partial charge in [-0.15, -0.1) is 0 Å². The molecule has 0 unspecified atom stereocenters. The number of phenolic OH excluding ortho intramolecular Hbond substituents is 3. The van der Waals surface area contributed by atoms with Crippen molar-refractivity contribution in [3.8, 4) is 17.2 Å². The van der Waals surface area contributed by atoms with Crippen LogP contribution in [0.15, 0.2) is 18.2 Å². The minimum absolute atomic E-state index is 0.310. The van der Waals surface area contributed by atoms with E-state index < -0.39 is 11.7 Å². The summed E-state index contributed by atoms with van der Waals surface area (Å²) in [6.07, 6.45) is 3.28. The van der Waals surface area contributed by atoms with E-state index in [4.69, 9.17) is 20.4 Å². The number of para-hydroxylation sites is 1. The largest absolute Gasteiger partial charge is 0.504 e. The van der Waals surface area contributed by atoms with Crippen LogP contribution in [0.25, 0.3) is 0 Å². The first-order valence-corrected chi connectivity index (χ1v) is 5.40. The zero-order valence-electron chi connectivity index (χ0n) is 9.76. The molecule has 0 saturated carbocycles. The summed E-state index contributed by atoms with van der Waals surface area (Å²) in [6.45, 7) is 2.06. The lowest BCUT2D eigenvalue weighted by molar-refractivity contribution is -0.137. The molecule has 0 atom stereocenters. The lowest BCUT2D eigenvalue weighted by Gasteiger charge is -1.96. The molecule has 0 saturated heterocycles. The number of aliphatic carboxylic acids is 1. The van der Waals surface area contributed by atoms with Crippen molar-refractivity contribution in [2.75, 3.05) is 0 Å². The Morgan fingerprint density at radius 3 is 2.00 bits per heavy atom. The molecule has 1 aromatic rings. The molecule has 0 aliphatic rings. The Kier molecular flexibility index (Phi) is 7.34. The second-order valence-corrected chi connectivity index (χ2v) is 3.50. The summed E-state index contributed by atoms with van der Waals surface area (Å²) in [7, 11) is 0. The number of carboxylic acid groups (broad SMARTS) is 1. The summed E-state index contributed by atoms with van der Waals surface area (Å²) >= 11 is 0. The average molecular weight is 242 g/mol. The molecule has 0 heterocycles. The predicted octanol–water partition coefficient (Wildman–Crippen LogP) is 2.45. The molecule has 4 N–H and O–H groups in total.